The Morgan fingerprint density at radius 1 is 0.870 bits per heavy atom. The Bertz CT molecular complexity index is 945. The molecule has 0 saturated carbocycles. The van der Waals surface area contributed by atoms with Gasteiger partial charge in [0.05, 0.1) is 11.9 Å². The molecule has 2 N–H and O–H groups in total. The van der Waals surface area contributed by atoms with Gasteiger partial charge in [-0.25, -0.2) is 9.97 Å². The van der Waals surface area contributed by atoms with Gasteiger partial charge in [0.1, 0.15) is 5.82 Å². The highest BCUT2D eigenvalue weighted by atomic mass is 15.3. The molecule has 4 aromatic rings. The van der Waals surface area contributed by atoms with Crippen LogP contribution in [0.5, 0.6) is 0 Å². The second-order valence-electron chi connectivity index (χ2n) is 5.35. The van der Waals surface area contributed by atoms with E-state index >= 15 is 0 Å². The lowest BCUT2D eigenvalue weighted by Crippen LogP contribution is -1.99. The molecule has 2 aromatic heterocycles. The highest BCUT2D eigenvalue weighted by molar-refractivity contribution is 5.86. The molecule has 2 aromatic carbocycles. The molecule has 0 aliphatic heterocycles. The number of fused-ring (bicyclic) bond motifs is 1. The van der Waals surface area contributed by atoms with Crippen LogP contribution in [-0.4, -0.2) is 19.7 Å². The van der Waals surface area contributed by atoms with Gasteiger partial charge in [0, 0.05) is 11.8 Å². The maximum atomic E-state index is 6.10. The monoisotopic (exact) mass is 301 g/mol. The van der Waals surface area contributed by atoms with Crippen LogP contribution in [0.1, 0.15) is 5.56 Å². The van der Waals surface area contributed by atoms with Crippen LogP contribution in [0, 0.1) is 0 Å². The van der Waals surface area contributed by atoms with E-state index in [0.717, 1.165) is 10.9 Å². The summed E-state index contributed by atoms with van der Waals surface area (Å²) in [5, 5.41) is 5.32. The van der Waals surface area contributed by atoms with Crippen molar-refractivity contribution in [3.05, 3.63) is 72.4 Å². The van der Waals surface area contributed by atoms with Gasteiger partial charge in [-0.3, -0.25) is 4.68 Å². The van der Waals surface area contributed by atoms with E-state index in [4.69, 9.17) is 5.73 Å². The molecule has 0 unspecified atom stereocenters. The Hall–Kier alpha value is -3.21. The summed E-state index contributed by atoms with van der Waals surface area (Å²) in [5.74, 6) is 1.05. The number of aromatic nitrogens is 4. The van der Waals surface area contributed by atoms with Gasteiger partial charge in [0.2, 0.25) is 0 Å². The molecule has 0 atom stereocenters. The third-order valence-corrected chi connectivity index (χ3v) is 3.68. The van der Waals surface area contributed by atoms with Crippen molar-refractivity contribution in [3.8, 4) is 11.4 Å². The van der Waals surface area contributed by atoms with E-state index in [0.29, 0.717) is 23.8 Å². The summed E-state index contributed by atoms with van der Waals surface area (Å²) in [6.07, 6.45) is 1.90. The van der Waals surface area contributed by atoms with E-state index in [1.54, 1.807) is 0 Å². The summed E-state index contributed by atoms with van der Waals surface area (Å²) in [5.41, 5.74) is 8.82. The summed E-state index contributed by atoms with van der Waals surface area (Å²) in [4.78, 5) is 8.95. The molecular formula is C18H15N5. The van der Waals surface area contributed by atoms with Crippen LogP contribution in [0.2, 0.25) is 0 Å². The molecule has 0 amide bonds. The molecular weight excluding hydrogens is 286 g/mol. The maximum absolute atomic E-state index is 6.10. The van der Waals surface area contributed by atoms with Gasteiger partial charge in [-0.1, -0.05) is 60.7 Å². The van der Waals surface area contributed by atoms with Gasteiger partial charge in [0.25, 0.3) is 0 Å². The Labute approximate surface area is 133 Å². The standard InChI is InChI=1S/C18H15N5/c19-16-15-12-23(11-13-7-3-1-4-8-13)22-18(15)21-17(20-16)14-9-5-2-6-10-14/h1-10,12H,11H2,(H2,19,20,21,22). The lowest BCUT2D eigenvalue weighted by molar-refractivity contribution is 0.693. The van der Waals surface area contributed by atoms with E-state index in [2.05, 4.69) is 27.2 Å². The number of rotatable bonds is 3. The predicted octanol–water partition coefficient (Wildman–Crippen LogP) is 3.12. The van der Waals surface area contributed by atoms with Crippen LogP contribution in [0.15, 0.2) is 66.9 Å². The van der Waals surface area contributed by atoms with Gasteiger partial charge in [-0.05, 0) is 5.56 Å². The van der Waals surface area contributed by atoms with Crippen molar-refractivity contribution in [2.45, 2.75) is 6.54 Å². The molecule has 5 nitrogen and oxygen atoms in total. The average Bonchev–Trinajstić information content (AvgIpc) is 2.99. The van der Waals surface area contributed by atoms with Crippen LogP contribution in [0.4, 0.5) is 5.82 Å². The second-order valence-corrected chi connectivity index (χ2v) is 5.35. The summed E-state index contributed by atoms with van der Waals surface area (Å²) >= 11 is 0. The molecule has 23 heavy (non-hydrogen) atoms. The van der Waals surface area contributed by atoms with E-state index < -0.39 is 0 Å². The summed E-state index contributed by atoms with van der Waals surface area (Å²) in [7, 11) is 0. The molecule has 112 valence electrons. The zero-order chi connectivity index (χ0) is 15.6. The van der Waals surface area contributed by atoms with E-state index in [1.165, 1.54) is 5.56 Å². The fourth-order valence-electron chi connectivity index (χ4n) is 2.54. The second kappa shape index (κ2) is 5.53. The summed E-state index contributed by atoms with van der Waals surface area (Å²) in [6.45, 7) is 0.678. The zero-order valence-corrected chi connectivity index (χ0v) is 12.4. The van der Waals surface area contributed by atoms with Crippen LogP contribution >= 0.6 is 0 Å². The minimum atomic E-state index is 0.452. The largest absolute Gasteiger partial charge is 0.383 e. The molecule has 0 fully saturated rings. The maximum Gasteiger partial charge on any atom is 0.186 e. The lowest BCUT2D eigenvalue weighted by atomic mass is 10.2. The van der Waals surface area contributed by atoms with Crippen molar-refractivity contribution in [2.24, 2.45) is 0 Å². The van der Waals surface area contributed by atoms with Crippen molar-refractivity contribution in [2.75, 3.05) is 5.73 Å². The van der Waals surface area contributed by atoms with Crippen LogP contribution < -0.4 is 5.73 Å². The molecule has 5 heteroatoms. The van der Waals surface area contributed by atoms with Crippen LogP contribution in [-0.2, 0) is 6.54 Å². The first-order valence-electron chi connectivity index (χ1n) is 7.39. The molecule has 0 aliphatic rings. The number of nitrogen functional groups attached to an aromatic ring is 1. The number of hydrogen-bond donors (Lipinski definition) is 1. The third-order valence-electron chi connectivity index (χ3n) is 3.68. The normalized spacial score (nSPS) is 11.0. The van der Waals surface area contributed by atoms with E-state index in [1.807, 2.05) is 59.4 Å². The number of anilines is 1. The number of hydrogen-bond acceptors (Lipinski definition) is 4. The van der Waals surface area contributed by atoms with Crippen LogP contribution in [0.3, 0.4) is 0 Å². The summed E-state index contributed by atoms with van der Waals surface area (Å²) in [6, 6.07) is 19.9. The quantitative estimate of drug-likeness (QED) is 0.631. The molecule has 4 rings (SSSR count). The van der Waals surface area contributed by atoms with Crippen molar-refractivity contribution in [1.29, 1.82) is 0 Å². The highest BCUT2D eigenvalue weighted by Crippen LogP contribution is 2.22. The minimum absolute atomic E-state index is 0.452. The van der Waals surface area contributed by atoms with E-state index in [9.17, 15) is 0 Å². The van der Waals surface area contributed by atoms with Crippen molar-refractivity contribution in [1.82, 2.24) is 19.7 Å². The lowest BCUT2D eigenvalue weighted by Gasteiger charge is -2.01. The third kappa shape index (κ3) is 2.64. The van der Waals surface area contributed by atoms with Gasteiger partial charge in [0.15, 0.2) is 11.5 Å². The zero-order valence-electron chi connectivity index (χ0n) is 12.4. The van der Waals surface area contributed by atoms with Gasteiger partial charge in [-0.2, -0.15) is 5.10 Å². The molecule has 0 aliphatic carbocycles. The first-order chi connectivity index (χ1) is 11.3. The van der Waals surface area contributed by atoms with Crippen LogP contribution in [0.25, 0.3) is 22.4 Å². The first-order valence-corrected chi connectivity index (χ1v) is 7.39. The Morgan fingerprint density at radius 2 is 1.57 bits per heavy atom. The van der Waals surface area contributed by atoms with Crippen molar-refractivity contribution < 1.29 is 0 Å². The molecule has 0 bridgehead atoms. The summed E-state index contributed by atoms with van der Waals surface area (Å²) < 4.78 is 1.85. The highest BCUT2D eigenvalue weighted by Gasteiger charge is 2.11. The first kappa shape index (κ1) is 13.5. The number of benzene rings is 2. The van der Waals surface area contributed by atoms with Gasteiger partial charge < -0.3 is 5.73 Å². The van der Waals surface area contributed by atoms with Crippen molar-refractivity contribution >= 4 is 16.9 Å². The van der Waals surface area contributed by atoms with Crippen molar-refractivity contribution in [3.63, 3.8) is 0 Å². The fourth-order valence-corrected chi connectivity index (χ4v) is 2.54. The number of nitrogens with two attached hydrogens (primary N) is 1. The Kier molecular flexibility index (Phi) is 3.24. The topological polar surface area (TPSA) is 69.6 Å². The molecule has 0 spiro atoms. The molecule has 0 radical (unpaired) electrons. The average molecular weight is 301 g/mol. The molecule has 2 heterocycles. The Balaban J connectivity index is 1.75. The van der Waals surface area contributed by atoms with Gasteiger partial charge in [-0.15, -0.1) is 0 Å². The molecule has 0 saturated heterocycles. The minimum Gasteiger partial charge on any atom is -0.383 e. The fraction of sp³-hybridized carbons (Fsp3) is 0.0556. The smallest absolute Gasteiger partial charge is 0.186 e. The van der Waals surface area contributed by atoms with Gasteiger partial charge >= 0.3 is 0 Å². The Morgan fingerprint density at radius 3 is 2.30 bits per heavy atom. The SMILES string of the molecule is Nc1nc(-c2ccccc2)nc2nn(Cc3ccccc3)cc12. The predicted molar refractivity (Wildman–Crippen MR) is 90.7 cm³/mol. The van der Waals surface area contributed by atoms with E-state index in [-0.39, 0.29) is 0 Å². The number of nitrogens with zero attached hydrogens (tertiary/aromatic N) is 4.